The Labute approximate surface area is 140 Å². The van der Waals surface area contributed by atoms with Crippen molar-refractivity contribution in [3.63, 3.8) is 0 Å². The quantitative estimate of drug-likeness (QED) is 0.752. The molecule has 126 valence electrons. The van der Waals surface area contributed by atoms with E-state index < -0.39 is 5.60 Å². The van der Waals surface area contributed by atoms with Gasteiger partial charge in [0.2, 0.25) is 0 Å². The van der Waals surface area contributed by atoms with Crippen LogP contribution in [0.5, 0.6) is 0 Å². The number of ether oxygens (including phenoxy) is 1. The number of benzene rings is 1. The lowest BCUT2D eigenvalue weighted by atomic mass is 10.1. The van der Waals surface area contributed by atoms with Crippen LogP contribution in [0.15, 0.2) is 24.3 Å². The molecule has 1 rings (SSSR count). The standard InChI is InChI=1S/C19H28N2O2/c1-6-8-17(7-2)21(18(22)23-19(3,4)5)14-16-11-9-15(13-20)10-12-16/h9-12,17H,6-8,14H2,1-5H3. The topological polar surface area (TPSA) is 53.3 Å². The Morgan fingerprint density at radius 1 is 1.26 bits per heavy atom. The lowest BCUT2D eigenvalue weighted by molar-refractivity contribution is 0.0125. The van der Waals surface area contributed by atoms with Crippen LogP contribution < -0.4 is 0 Å². The van der Waals surface area contributed by atoms with Gasteiger partial charge in [0.1, 0.15) is 5.60 Å². The summed E-state index contributed by atoms with van der Waals surface area (Å²) < 4.78 is 5.58. The Bertz CT molecular complexity index is 538. The van der Waals surface area contributed by atoms with Gasteiger partial charge in [-0.3, -0.25) is 0 Å². The number of carbonyl (C=O) groups is 1. The second-order valence-corrected chi connectivity index (χ2v) is 6.77. The van der Waals surface area contributed by atoms with E-state index >= 15 is 0 Å². The van der Waals surface area contributed by atoms with Crippen molar-refractivity contribution in [3.05, 3.63) is 35.4 Å². The lowest BCUT2D eigenvalue weighted by Crippen LogP contribution is -2.42. The molecular weight excluding hydrogens is 288 g/mol. The number of hydrogen-bond acceptors (Lipinski definition) is 3. The van der Waals surface area contributed by atoms with E-state index in [4.69, 9.17) is 10.00 Å². The average Bonchev–Trinajstić information content (AvgIpc) is 2.49. The van der Waals surface area contributed by atoms with Crippen molar-refractivity contribution < 1.29 is 9.53 Å². The summed E-state index contributed by atoms with van der Waals surface area (Å²) in [6.07, 6.45) is 2.59. The summed E-state index contributed by atoms with van der Waals surface area (Å²) >= 11 is 0. The largest absolute Gasteiger partial charge is 0.444 e. The van der Waals surface area contributed by atoms with E-state index in [1.54, 1.807) is 12.1 Å². The van der Waals surface area contributed by atoms with Crippen LogP contribution in [0.1, 0.15) is 65.0 Å². The molecule has 1 aromatic carbocycles. The number of nitrogens with zero attached hydrogens (tertiary/aromatic N) is 2. The fraction of sp³-hybridized carbons (Fsp3) is 0.579. The first-order valence-electron chi connectivity index (χ1n) is 8.29. The smallest absolute Gasteiger partial charge is 0.410 e. The van der Waals surface area contributed by atoms with E-state index in [1.165, 1.54) is 0 Å². The number of hydrogen-bond donors (Lipinski definition) is 0. The third kappa shape index (κ3) is 6.32. The van der Waals surface area contributed by atoms with Crippen LogP contribution in [-0.2, 0) is 11.3 Å². The molecule has 0 radical (unpaired) electrons. The monoisotopic (exact) mass is 316 g/mol. The normalized spacial score (nSPS) is 12.3. The second-order valence-electron chi connectivity index (χ2n) is 6.77. The molecule has 1 atom stereocenters. The Kier molecular flexibility index (Phi) is 7.09. The zero-order chi connectivity index (χ0) is 17.5. The minimum Gasteiger partial charge on any atom is -0.444 e. The summed E-state index contributed by atoms with van der Waals surface area (Å²) in [6, 6.07) is 9.63. The Balaban J connectivity index is 2.97. The van der Waals surface area contributed by atoms with Gasteiger partial charge >= 0.3 is 6.09 Å². The molecule has 4 heteroatoms. The van der Waals surface area contributed by atoms with Crippen molar-refractivity contribution in [2.45, 2.75) is 72.1 Å². The molecule has 0 aliphatic heterocycles. The predicted molar refractivity (Wildman–Crippen MR) is 91.9 cm³/mol. The molecular formula is C19H28N2O2. The van der Waals surface area contributed by atoms with E-state index in [-0.39, 0.29) is 12.1 Å². The second kappa shape index (κ2) is 8.57. The van der Waals surface area contributed by atoms with Gasteiger partial charge in [0.05, 0.1) is 11.6 Å². The molecule has 0 aliphatic rings. The van der Waals surface area contributed by atoms with Crippen molar-refractivity contribution in [1.82, 2.24) is 4.90 Å². The summed E-state index contributed by atoms with van der Waals surface area (Å²) in [4.78, 5) is 14.4. The molecule has 1 amide bonds. The van der Waals surface area contributed by atoms with Crippen molar-refractivity contribution in [2.75, 3.05) is 0 Å². The highest BCUT2D eigenvalue weighted by molar-refractivity contribution is 5.68. The van der Waals surface area contributed by atoms with Gasteiger partial charge in [-0.15, -0.1) is 0 Å². The van der Waals surface area contributed by atoms with Gasteiger partial charge in [-0.05, 0) is 51.3 Å². The van der Waals surface area contributed by atoms with E-state index in [0.717, 1.165) is 24.8 Å². The number of rotatable bonds is 6. The molecule has 4 nitrogen and oxygen atoms in total. The van der Waals surface area contributed by atoms with Gasteiger partial charge in [0.25, 0.3) is 0 Å². The highest BCUT2D eigenvalue weighted by Crippen LogP contribution is 2.19. The molecule has 0 N–H and O–H groups in total. The lowest BCUT2D eigenvalue weighted by Gasteiger charge is -2.33. The molecule has 0 aromatic heterocycles. The van der Waals surface area contributed by atoms with Crippen molar-refractivity contribution >= 4 is 6.09 Å². The Hall–Kier alpha value is -2.02. The number of amides is 1. The SMILES string of the molecule is CCCC(CC)N(Cc1ccc(C#N)cc1)C(=O)OC(C)(C)C. The third-order valence-electron chi connectivity index (χ3n) is 3.60. The fourth-order valence-electron chi connectivity index (χ4n) is 2.46. The predicted octanol–water partition coefficient (Wildman–Crippen LogP) is 4.87. The first-order valence-corrected chi connectivity index (χ1v) is 8.29. The first kappa shape index (κ1) is 19.0. The maximum Gasteiger partial charge on any atom is 0.410 e. The average molecular weight is 316 g/mol. The summed E-state index contributed by atoms with van der Waals surface area (Å²) in [5.41, 5.74) is 1.12. The van der Waals surface area contributed by atoms with Gasteiger partial charge < -0.3 is 9.64 Å². The minimum atomic E-state index is -0.509. The van der Waals surface area contributed by atoms with Crippen LogP contribution in [0.3, 0.4) is 0 Å². The van der Waals surface area contributed by atoms with Crippen LogP contribution in [-0.4, -0.2) is 22.6 Å². The molecule has 0 bridgehead atoms. The molecule has 0 heterocycles. The van der Waals surface area contributed by atoms with E-state index in [2.05, 4.69) is 19.9 Å². The van der Waals surface area contributed by atoms with Gasteiger partial charge in [-0.2, -0.15) is 5.26 Å². The molecule has 0 saturated heterocycles. The highest BCUT2D eigenvalue weighted by Gasteiger charge is 2.27. The van der Waals surface area contributed by atoms with Gasteiger partial charge in [0, 0.05) is 12.6 Å². The van der Waals surface area contributed by atoms with Crippen LogP contribution in [0.4, 0.5) is 4.79 Å². The number of nitriles is 1. The zero-order valence-electron chi connectivity index (χ0n) is 14.9. The van der Waals surface area contributed by atoms with E-state index in [0.29, 0.717) is 12.1 Å². The van der Waals surface area contributed by atoms with Crippen LogP contribution in [0.2, 0.25) is 0 Å². The van der Waals surface area contributed by atoms with Gasteiger partial charge in [-0.1, -0.05) is 32.4 Å². The maximum atomic E-state index is 12.6. The highest BCUT2D eigenvalue weighted by atomic mass is 16.6. The molecule has 1 unspecified atom stereocenters. The van der Waals surface area contributed by atoms with Crippen LogP contribution >= 0.6 is 0 Å². The molecule has 0 spiro atoms. The Morgan fingerprint density at radius 2 is 1.87 bits per heavy atom. The Morgan fingerprint density at radius 3 is 2.30 bits per heavy atom. The molecule has 0 fully saturated rings. The fourth-order valence-corrected chi connectivity index (χ4v) is 2.46. The summed E-state index contributed by atoms with van der Waals surface area (Å²) in [5, 5.41) is 8.89. The summed E-state index contributed by atoms with van der Waals surface area (Å²) in [6.45, 7) is 10.4. The van der Waals surface area contributed by atoms with Crippen LogP contribution in [0, 0.1) is 11.3 Å². The van der Waals surface area contributed by atoms with E-state index in [1.807, 2.05) is 37.8 Å². The third-order valence-corrected chi connectivity index (χ3v) is 3.60. The minimum absolute atomic E-state index is 0.158. The maximum absolute atomic E-state index is 12.6. The van der Waals surface area contributed by atoms with E-state index in [9.17, 15) is 4.79 Å². The van der Waals surface area contributed by atoms with Crippen LogP contribution in [0.25, 0.3) is 0 Å². The molecule has 0 aliphatic carbocycles. The van der Waals surface area contributed by atoms with Crippen molar-refractivity contribution in [1.29, 1.82) is 5.26 Å². The molecule has 23 heavy (non-hydrogen) atoms. The molecule has 0 saturated carbocycles. The van der Waals surface area contributed by atoms with Crippen molar-refractivity contribution in [2.24, 2.45) is 0 Å². The summed E-state index contributed by atoms with van der Waals surface area (Å²) in [5.74, 6) is 0. The first-order chi connectivity index (χ1) is 10.8. The summed E-state index contributed by atoms with van der Waals surface area (Å²) in [7, 11) is 0. The van der Waals surface area contributed by atoms with Gasteiger partial charge in [0.15, 0.2) is 0 Å². The zero-order valence-corrected chi connectivity index (χ0v) is 14.9. The number of carbonyl (C=O) groups excluding carboxylic acids is 1. The molecule has 1 aromatic rings. The van der Waals surface area contributed by atoms with Gasteiger partial charge in [-0.25, -0.2) is 4.79 Å². The van der Waals surface area contributed by atoms with Crippen molar-refractivity contribution in [3.8, 4) is 6.07 Å².